The lowest BCUT2D eigenvalue weighted by Gasteiger charge is -2.37. The number of rotatable bonds is 5. The van der Waals surface area contributed by atoms with Gasteiger partial charge in [-0.1, -0.05) is 18.2 Å². The van der Waals surface area contributed by atoms with Crippen LogP contribution in [0.4, 0.5) is 5.82 Å². The van der Waals surface area contributed by atoms with Crippen LogP contribution < -0.4 is 10.6 Å². The van der Waals surface area contributed by atoms with E-state index in [2.05, 4.69) is 40.8 Å². The first-order valence-corrected chi connectivity index (χ1v) is 9.94. The summed E-state index contributed by atoms with van der Waals surface area (Å²) in [6, 6.07) is 10.1. The molecule has 0 spiro atoms. The van der Waals surface area contributed by atoms with Crippen LogP contribution in [0.5, 0.6) is 0 Å². The Bertz CT molecular complexity index is 848. The summed E-state index contributed by atoms with van der Waals surface area (Å²) >= 11 is 0. The fraction of sp³-hybridized carbons (Fsp3) is 0.500. The van der Waals surface area contributed by atoms with Gasteiger partial charge in [0.05, 0.1) is 11.2 Å². The summed E-state index contributed by atoms with van der Waals surface area (Å²) in [5.41, 5.74) is 8.41. The highest BCUT2D eigenvalue weighted by Gasteiger charge is 2.24. The lowest BCUT2D eigenvalue weighted by atomic mass is 9.93. The average Bonchev–Trinajstić information content (AvgIpc) is 2.67. The van der Waals surface area contributed by atoms with Crippen molar-refractivity contribution < 1.29 is 4.79 Å². The van der Waals surface area contributed by atoms with Crippen molar-refractivity contribution in [2.75, 3.05) is 31.1 Å². The number of carbonyl (C=O) groups excluding carboxylic acids is 1. The maximum Gasteiger partial charge on any atom is 0.182 e. The smallest absolute Gasteiger partial charge is 0.182 e. The summed E-state index contributed by atoms with van der Waals surface area (Å²) in [6.45, 7) is 14.0. The van der Waals surface area contributed by atoms with Crippen molar-refractivity contribution in [2.24, 2.45) is 5.73 Å². The van der Waals surface area contributed by atoms with Crippen LogP contribution in [0, 0.1) is 6.92 Å². The second kappa shape index (κ2) is 7.97. The Morgan fingerprint density at radius 1 is 1.11 bits per heavy atom. The van der Waals surface area contributed by atoms with Gasteiger partial charge in [-0.05, 0) is 52.3 Å². The van der Waals surface area contributed by atoms with Crippen molar-refractivity contribution in [3.8, 4) is 11.3 Å². The zero-order valence-corrected chi connectivity index (χ0v) is 17.6. The maximum atomic E-state index is 12.5. The van der Waals surface area contributed by atoms with Crippen molar-refractivity contribution in [3.63, 3.8) is 0 Å². The molecule has 28 heavy (non-hydrogen) atoms. The van der Waals surface area contributed by atoms with E-state index in [9.17, 15) is 4.79 Å². The molecule has 0 saturated carbocycles. The zero-order valence-electron chi connectivity index (χ0n) is 17.6. The number of aromatic nitrogens is 2. The van der Waals surface area contributed by atoms with E-state index in [1.54, 1.807) is 19.9 Å². The molecule has 0 atom stereocenters. The van der Waals surface area contributed by atoms with E-state index in [4.69, 9.17) is 5.73 Å². The largest absolute Gasteiger partial charge is 0.352 e. The quantitative estimate of drug-likeness (QED) is 0.803. The summed E-state index contributed by atoms with van der Waals surface area (Å²) in [7, 11) is 0. The second-order valence-corrected chi connectivity index (χ2v) is 8.48. The molecule has 0 unspecified atom stereocenters. The molecule has 1 aromatic carbocycles. The van der Waals surface area contributed by atoms with E-state index in [-0.39, 0.29) is 5.78 Å². The Kier molecular flexibility index (Phi) is 5.82. The molecule has 1 fully saturated rings. The van der Waals surface area contributed by atoms with E-state index in [1.807, 2.05) is 24.3 Å². The molecule has 6 heteroatoms. The lowest BCUT2D eigenvalue weighted by molar-refractivity contribution is 0.0913. The van der Waals surface area contributed by atoms with Crippen LogP contribution in [0.25, 0.3) is 11.3 Å². The van der Waals surface area contributed by atoms with Crippen LogP contribution in [-0.4, -0.2) is 58.6 Å². The van der Waals surface area contributed by atoms with Crippen molar-refractivity contribution in [1.29, 1.82) is 0 Å². The predicted octanol–water partition coefficient (Wildman–Crippen LogP) is 2.90. The molecule has 1 saturated heterocycles. The summed E-state index contributed by atoms with van der Waals surface area (Å²) in [5.74, 6) is 0.862. The number of nitrogens with zero attached hydrogens (tertiary/aromatic N) is 4. The van der Waals surface area contributed by atoms with E-state index in [0.29, 0.717) is 11.6 Å². The second-order valence-electron chi connectivity index (χ2n) is 8.48. The third-order valence-corrected chi connectivity index (χ3v) is 5.31. The Labute approximate surface area is 167 Å². The third kappa shape index (κ3) is 4.39. The fourth-order valence-corrected chi connectivity index (χ4v) is 3.57. The number of anilines is 1. The molecule has 3 rings (SSSR count). The third-order valence-electron chi connectivity index (χ3n) is 5.31. The Balaban J connectivity index is 1.81. The van der Waals surface area contributed by atoms with Crippen molar-refractivity contribution >= 4 is 11.6 Å². The zero-order chi connectivity index (χ0) is 20.5. The van der Waals surface area contributed by atoms with Crippen LogP contribution >= 0.6 is 0 Å². The highest BCUT2D eigenvalue weighted by molar-refractivity contribution is 6.03. The van der Waals surface area contributed by atoms with Gasteiger partial charge in [0.15, 0.2) is 11.6 Å². The number of carbonyl (C=O) groups is 1. The van der Waals surface area contributed by atoms with E-state index in [1.165, 1.54) is 0 Å². The van der Waals surface area contributed by atoms with Crippen LogP contribution in [0.15, 0.2) is 30.3 Å². The summed E-state index contributed by atoms with van der Waals surface area (Å²) < 4.78 is 0. The molecule has 0 amide bonds. The van der Waals surface area contributed by atoms with Crippen LogP contribution in [0.3, 0.4) is 0 Å². The Morgan fingerprint density at radius 2 is 1.79 bits per heavy atom. The van der Waals surface area contributed by atoms with Gasteiger partial charge in [-0.15, -0.1) is 10.2 Å². The first kappa shape index (κ1) is 20.4. The Hall–Kier alpha value is -2.31. The normalized spacial score (nSPS) is 15.9. The van der Waals surface area contributed by atoms with E-state index in [0.717, 1.165) is 48.8 Å². The standard InChI is InChI=1S/C22H31N5O/c1-15(2)26-9-11-27(12-10-26)21-16(3)13-19(24-25-21)17-7-6-8-18(14-17)20(28)22(4,5)23/h6-8,13-15H,9-12,23H2,1-5H3. The monoisotopic (exact) mass is 381 g/mol. The summed E-state index contributed by atoms with van der Waals surface area (Å²) in [6.07, 6.45) is 0. The number of hydrogen-bond donors (Lipinski definition) is 1. The molecular formula is C22H31N5O. The molecule has 2 heterocycles. The van der Waals surface area contributed by atoms with Gasteiger partial charge >= 0.3 is 0 Å². The van der Waals surface area contributed by atoms with Gasteiger partial charge in [-0.25, -0.2) is 0 Å². The molecule has 1 aliphatic heterocycles. The molecule has 1 aromatic heterocycles. The van der Waals surface area contributed by atoms with Crippen molar-refractivity contribution in [3.05, 3.63) is 41.5 Å². The summed E-state index contributed by atoms with van der Waals surface area (Å²) in [5, 5.41) is 8.97. The molecule has 1 aliphatic rings. The average molecular weight is 382 g/mol. The topological polar surface area (TPSA) is 75.3 Å². The number of Topliss-reactive ketones (excluding diaryl/α,β-unsaturated/α-hetero) is 1. The fourth-order valence-electron chi connectivity index (χ4n) is 3.57. The highest BCUT2D eigenvalue weighted by Crippen LogP contribution is 2.25. The number of aryl methyl sites for hydroxylation is 1. The first-order chi connectivity index (χ1) is 13.2. The molecule has 2 aromatic rings. The van der Waals surface area contributed by atoms with Gasteiger partial charge in [0, 0.05) is 43.3 Å². The molecule has 0 aliphatic carbocycles. The predicted molar refractivity (Wildman–Crippen MR) is 114 cm³/mol. The number of benzene rings is 1. The van der Waals surface area contributed by atoms with E-state index >= 15 is 0 Å². The van der Waals surface area contributed by atoms with Gasteiger partial charge in [0.25, 0.3) is 0 Å². The molecule has 6 nitrogen and oxygen atoms in total. The van der Waals surface area contributed by atoms with Gasteiger partial charge in [0.1, 0.15) is 0 Å². The number of ketones is 1. The van der Waals surface area contributed by atoms with Gasteiger partial charge in [-0.2, -0.15) is 0 Å². The van der Waals surface area contributed by atoms with Crippen LogP contribution in [-0.2, 0) is 0 Å². The Morgan fingerprint density at radius 3 is 2.36 bits per heavy atom. The minimum Gasteiger partial charge on any atom is -0.352 e. The molecule has 2 N–H and O–H groups in total. The minimum atomic E-state index is -0.901. The molecule has 150 valence electrons. The highest BCUT2D eigenvalue weighted by atomic mass is 16.1. The minimum absolute atomic E-state index is 0.0846. The van der Waals surface area contributed by atoms with Crippen LogP contribution in [0.2, 0.25) is 0 Å². The number of nitrogens with two attached hydrogens (primary N) is 1. The van der Waals surface area contributed by atoms with Gasteiger partial charge < -0.3 is 10.6 Å². The summed E-state index contributed by atoms with van der Waals surface area (Å²) in [4.78, 5) is 17.3. The van der Waals surface area contributed by atoms with E-state index < -0.39 is 5.54 Å². The van der Waals surface area contributed by atoms with Crippen LogP contribution in [0.1, 0.15) is 43.6 Å². The maximum absolute atomic E-state index is 12.5. The lowest BCUT2D eigenvalue weighted by Crippen LogP contribution is -2.49. The van der Waals surface area contributed by atoms with Crippen molar-refractivity contribution in [2.45, 2.75) is 46.2 Å². The molecular weight excluding hydrogens is 350 g/mol. The number of piperazine rings is 1. The van der Waals surface area contributed by atoms with Crippen molar-refractivity contribution in [1.82, 2.24) is 15.1 Å². The molecule has 0 radical (unpaired) electrons. The first-order valence-electron chi connectivity index (χ1n) is 9.94. The SMILES string of the molecule is Cc1cc(-c2cccc(C(=O)C(C)(C)N)c2)nnc1N1CCN(C(C)C)CC1. The number of hydrogen-bond acceptors (Lipinski definition) is 6. The van der Waals surface area contributed by atoms with Gasteiger partial charge in [-0.3, -0.25) is 9.69 Å². The molecule has 0 bridgehead atoms. The van der Waals surface area contributed by atoms with Gasteiger partial charge in [0.2, 0.25) is 0 Å².